The molecule has 0 spiro atoms. The van der Waals surface area contributed by atoms with Crippen molar-refractivity contribution in [2.75, 3.05) is 5.32 Å². The first kappa shape index (κ1) is 20.7. The molecule has 0 aromatic heterocycles. The molecular weight excluding hydrogens is 425 g/mol. The Bertz CT molecular complexity index is 1330. The summed E-state index contributed by atoms with van der Waals surface area (Å²) in [6, 6.07) is 9.51. The summed E-state index contributed by atoms with van der Waals surface area (Å²) in [4.78, 5) is 13.2. The van der Waals surface area contributed by atoms with E-state index >= 15 is 0 Å². The standard InChI is InChI=1S/C25H18F5NO/c1-25(2)9-13-16-12-6-4-3-5-11(12)7-8-14(16)31-24(17(13)15(32)10-25)18-19(26)21(28)23(30)22(29)20(18)27/h3-8,24,31H,9-10H2,1-2H3/t24-/m1/s1. The average Bonchev–Trinajstić information content (AvgIpc) is 2.75. The van der Waals surface area contributed by atoms with E-state index in [9.17, 15) is 26.7 Å². The van der Waals surface area contributed by atoms with Gasteiger partial charge in [0.05, 0.1) is 11.6 Å². The topological polar surface area (TPSA) is 29.1 Å². The number of ketones is 1. The minimum absolute atomic E-state index is 0.0522. The normalized spacial score (nSPS) is 19.6. The van der Waals surface area contributed by atoms with Gasteiger partial charge in [0.1, 0.15) is 0 Å². The fraction of sp³-hybridized carbons (Fsp3) is 0.240. The molecule has 0 amide bonds. The van der Waals surface area contributed by atoms with Gasteiger partial charge in [0.2, 0.25) is 5.82 Å². The Morgan fingerprint density at radius 1 is 0.844 bits per heavy atom. The van der Waals surface area contributed by atoms with Crippen molar-refractivity contribution in [3.63, 3.8) is 0 Å². The summed E-state index contributed by atoms with van der Waals surface area (Å²) in [5.41, 5.74) is 0.353. The van der Waals surface area contributed by atoms with Crippen LogP contribution in [0.15, 0.2) is 42.0 Å². The van der Waals surface area contributed by atoms with Gasteiger partial charge >= 0.3 is 0 Å². The van der Waals surface area contributed by atoms with Crippen LogP contribution in [0.25, 0.3) is 16.3 Å². The van der Waals surface area contributed by atoms with Crippen LogP contribution < -0.4 is 5.32 Å². The van der Waals surface area contributed by atoms with Crippen molar-refractivity contribution < 1.29 is 26.7 Å². The van der Waals surface area contributed by atoms with Crippen molar-refractivity contribution in [3.05, 3.63) is 82.2 Å². The molecule has 1 aliphatic heterocycles. The predicted molar refractivity (Wildman–Crippen MR) is 111 cm³/mol. The largest absolute Gasteiger partial charge is 0.373 e. The fourth-order valence-electron chi connectivity index (χ4n) is 4.93. The van der Waals surface area contributed by atoms with Crippen molar-refractivity contribution >= 4 is 27.8 Å². The molecule has 0 bridgehead atoms. The van der Waals surface area contributed by atoms with E-state index in [1.807, 2.05) is 38.1 Å². The molecule has 2 nitrogen and oxygen atoms in total. The Morgan fingerprint density at radius 2 is 1.47 bits per heavy atom. The number of rotatable bonds is 1. The molecule has 2 aliphatic rings. The number of carbonyl (C=O) groups excluding carboxylic acids is 1. The second-order valence-electron chi connectivity index (χ2n) is 9.10. The smallest absolute Gasteiger partial charge is 0.200 e. The van der Waals surface area contributed by atoms with E-state index < -0.39 is 46.1 Å². The number of Topliss-reactive ketones (excluding diaryl/α,β-unsaturated/α-hetero) is 1. The second-order valence-corrected chi connectivity index (χ2v) is 9.10. The summed E-state index contributed by atoms with van der Waals surface area (Å²) in [5, 5.41) is 4.65. The number of benzene rings is 3. The van der Waals surface area contributed by atoms with Crippen LogP contribution in [0.2, 0.25) is 0 Å². The molecule has 3 aromatic carbocycles. The van der Waals surface area contributed by atoms with Crippen LogP contribution in [0.4, 0.5) is 27.6 Å². The zero-order chi connectivity index (χ0) is 22.9. The maximum atomic E-state index is 14.8. The van der Waals surface area contributed by atoms with Crippen molar-refractivity contribution in [3.8, 4) is 0 Å². The molecule has 7 heteroatoms. The maximum absolute atomic E-state index is 14.8. The van der Waals surface area contributed by atoms with Crippen LogP contribution in [-0.4, -0.2) is 5.78 Å². The van der Waals surface area contributed by atoms with Gasteiger partial charge in [-0.15, -0.1) is 0 Å². The van der Waals surface area contributed by atoms with E-state index in [4.69, 9.17) is 0 Å². The number of hydrogen-bond donors (Lipinski definition) is 1. The second kappa shape index (κ2) is 6.89. The first-order valence-electron chi connectivity index (χ1n) is 10.2. The van der Waals surface area contributed by atoms with E-state index in [1.54, 1.807) is 12.1 Å². The van der Waals surface area contributed by atoms with E-state index in [0.717, 1.165) is 16.3 Å². The van der Waals surface area contributed by atoms with Gasteiger partial charge in [-0.1, -0.05) is 44.2 Å². The van der Waals surface area contributed by atoms with Gasteiger partial charge in [-0.25, -0.2) is 22.0 Å². The van der Waals surface area contributed by atoms with Crippen molar-refractivity contribution in [2.45, 2.75) is 32.7 Å². The Morgan fingerprint density at radius 3 is 2.16 bits per heavy atom. The highest BCUT2D eigenvalue weighted by molar-refractivity contribution is 6.12. The maximum Gasteiger partial charge on any atom is 0.200 e. The van der Waals surface area contributed by atoms with Crippen LogP contribution in [0.5, 0.6) is 0 Å². The molecule has 32 heavy (non-hydrogen) atoms. The fourth-order valence-corrected chi connectivity index (χ4v) is 4.93. The van der Waals surface area contributed by atoms with E-state index in [-0.39, 0.29) is 17.8 Å². The molecule has 1 N–H and O–H groups in total. The van der Waals surface area contributed by atoms with Gasteiger partial charge in [-0.3, -0.25) is 4.79 Å². The monoisotopic (exact) mass is 443 g/mol. The highest BCUT2D eigenvalue weighted by atomic mass is 19.2. The van der Waals surface area contributed by atoms with Crippen molar-refractivity contribution in [1.29, 1.82) is 0 Å². The zero-order valence-corrected chi connectivity index (χ0v) is 17.3. The molecule has 0 fully saturated rings. The molecule has 0 saturated heterocycles. The lowest BCUT2D eigenvalue weighted by Crippen LogP contribution is -2.34. The van der Waals surface area contributed by atoms with E-state index in [0.29, 0.717) is 17.7 Å². The van der Waals surface area contributed by atoms with Crippen LogP contribution in [0, 0.1) is 34.5 Å². The number of nitrogens with one attached hydrogen (secondary N) is 1. The van der Waals surface area contributed by atoms with Gasteiger partial charge in [0.15, 0.2) is 29.1 Å². The molecule has 1 heterocycles. The number of halogens is 5. The van der Waals surface area contributed by atoms with E-state index in [2.05, 4.69) is 5.32 Å². The lowest BCUT2D eigenvalue weighted by atomic mass is 9.67. The Balaban J connectivity index is 1.86. The summed E-state index contributed by atoms with van der Waals surface area (Å²) in [5.74, 6) is -10.5. The van der Waals surface area contributed by atoms with Crippen LogP contribution in [-0.2, 0) is 4.79 Å². The van der Waals surface area contributed by atoms with Crippen molar-refractivity contribution in [2.24, 2.45) is 5.41 Å². The Hall–Kier alpha value is -3.22. The molecule has 0 saturated carbocycles. The van der Waals surface area contributed by atoms with Gasteiger partial charge < -0.3 is 5.32 Å². The Labute approximate surface area is 180 Å². The number of anilines is 1. The SMILES string of the molecule is CC1(C)CC(=O)C2=C(C1)c1c(ccc3ccccc13)N[C@H]2c1c(F)c(F)c(F)c(F)c1F. The molecule has 0 radical (unpaired) electrons. The first-order valence-corrected chi connectivity index (χ1v) is 10.2. The van der Waals surface area contributed by atoms with Gasteiger partial charge in [-0.05, 0) is 34.2 Å². The summed E-state index contributed by atoms with van der Waals surface area (Å²) >= 11 is 0. The lowest BCUT2D eigenvalue weighted by Gasteiger charge is -2.40. The van der Waals surface area contributed by atoms with Crippen LogP contribution >= 0.6 is 0 Å². The van der Waals surface area contributed by atoms with Crippen LogP contribution in [0.1, 0.15) is 43.9 Å². The highest BCUT2D eigenvalue weighted by Gasteiger charge is 2.43. The third-order valence-corrected chi connectivity index (χ3v) is 6.27. The highest BCUT2D eigenvalue weighted by Crippen LogP contribution is 2.52. The zero-order valence-electron chi connectivity index (χ0n) is 17.3. The molecule has 0 unspecified atom stereocenters. The van der Waals surface area contributed by atoms with Gasteiger partial charge in [-0.2, -0.15) is 0 Å². The molecule has 5 rings (SSSR count). The van der Waals surface area contributed by atoms with Gasteiger partial charge in [0, 0.05) is 23.2 Å². The lowest BCUT2D eigenvalue weighted by molar-refractivity contribution is -0.118. The third kappa shape index (κ3) is 2.87. The summed E-state index contributed by atoms with van der Waals surface area (Å²) in [6.45, 7) is 3.82. The van der Waals surface area contributed by atoms with E-state index in [1.165, 1.54) is 0 Å². The molecule has 164 valence electrons. The van der Waals surface area contributed by atoms with Crippen molar-refractivity contribution in [1.82, 2.24) is 0 Å². The minimum Gasteiger partial charge on any atom is -0.373 e. The quantitative estimate of drug-likeness (QED) is 0.253. The molecule has 3 aromatic rings. The molecule has 1 atom stereocenters. The number of allylic oxidation sites excluding steroid dienone is 1. The number of fused-ring (bicyclic) bond motifs is 4. The first-order chi connectivity index (χ1) is 15.1. The minimum atomic E-state index is -2.23. The predicted octanol–water partition coefficient (Wildman–Crippen LogP) is 6.84. The van der Waals surface area contributed by atoms with Gasteiger partial charge in [0.25, 0.3) is 0 Å². The summed E-state index contributed by atoms with van der Waals surface area (Å²) < 4.78 is 71.2. The molecule has 1 aliphatic carbocycles. The molecular formula is C25H18F5NO. The Kier molecular flexibility index (Phi) is 4.45. The third-order valence-electron chi connectivity index (χ3n) is 6.27. The average molecular weight is 443 g/mol. The summed E-state index contributed by atoms with van der Waals surface area (Å²) in [6.07, 6.45) is 0.516. The number of hydrogen-bond acceptors (Lipinski definition) is 2. The summed E-state index contributed by atoms with van der Waals surface area (Å²) in [7, 11) is 0. The van der Waals surface area contributed by atoms with Crippen LogP contribution in [0.3, 0.4) is 0 Å². The number of carbonyl (C=O) groups is 1.